The number of para-hydroxylation sites is 1. The van der Waals surface area contributed by atoms with Crippen molar-refractivity contribution in [2.75, 3.05) is 11.4 Å². The molecule has 90 valence electrons. The summed E-state index contributed by atoms with van der Waals surface area (Å²) in [5, 5.41) is 0. The molecule has 0 atom stereocenters. The molecule has 1 aromatic rings. The van der Waals surface area contributed by atoms with Crippen LogP contribution in [0, 0.1) is 0 Å². The molecule has 0 N–H and O–H groups in total. The van der Waals surface area contributed by atoms with Gasteiger partial charge in [-0.25, -0.2) is 0 Å². The van der Waals surface area contributed by atoms with Crippen LogP contribution in [0.3, 0.4) is 0 Å². The van der Waals surface area contributed by atoms with Crippen molar-refractivity contribution in [3.63, 3.8) is 0 Å². The van der Waals surface area contributed by atoms with Crippen molar-refractivity contribution in [1.29, 1.82) is 0 Å². The summed E-state index contributed by atoms with van der Waals surface area (Å²) in [5.41, 5.74) is 3.26. The summed E-state index contributed by atoms with van der Waals surface area (Å²) in [6.45, 7) is 4.67. The second-order valence-electron chi connectivity index (χ2n) is 4.26. The molecule has 1 heterocycles. The predicted molar refractivity (Wildman–Crippen MR) is 67.2 cm³/mol. The maximum Gasteiger partial charge on any atom is 0.294 e. The average molecular weight is 231 g/mol. The number of hydrogen-bond acceptors (Lipinski definition) is 2. The first-order valence-electron chi connectivity index (χ1n) is 6.14. The summed E-state index contributed by atoms with van der Waals surface area (Å²) < 4.78 is 0. The first kappa shape index (κ1) is 11.8. The molecule has 3 nitrogen and oxygen atoms in total. The monoisotopic (exact) mass is 231 g/mol. The summed E-state index contributed by atoms with van der Waals surface area (Å²) in [5.74, 6) is -0.612. The molecule has 2 rings (SSSR count). The molecule has 1 aromatic carbocycles. The van der Waals surface area contributed by atoms with E-state index in [1.165, 1.54) is 0 Å². The van der Waals surface area contributed by atoms with E-state index in [9.17, 15) is 9.59 Å². The molecular weight excluding hydrogens is 214 g/mol. The Balaban J connectivity index is 2.50. The summed E-state index contributed by atoms with van der Waals surface area (Å²) in [4.78, 5) is 24.8. The smallest absolute Gasteiger partial charge is 0.294 e. The summed E-state index contributed by atoms with van der Waals surface area (Å²) in [7, 11) is 0. The lowest BCUT2D eigenvalue weighted by Crippen LogP contribution is -2.29. The third-order valence-corrected chi connectivity index (χ3v) is 3.28. The highest BCUT2D eigenvalue weighted by Gasteiger charge is 2.32. The first-order valence-corrected chi connectivity index (χ1v) is 6.14. The molecule has 3 heteroatoms. The number of benzene rings is 1. The van der Waals surface area contributed by atoms with Crippen molar-refractivity contribution in [3.05, 3.63) is 29.3 Å². The molecular formula is C14H17NO2. The summed E-state index contributed by atoms with van der Waals surface area (Å²) in [6.07, 6.45) is 2.10. The van der Waals surface area contributed by atoms with Crippen molar-refractivity contribution in [2.45, 2.75) is 33.1 Å². The lowest BCUT2D eigenvalue weighted by molar-refractivity contribution is -0.133. The lowest BCUT2D eigenvalue weighted by Gasteiger charge is -2.21. The van der Waals surface area contributed by atoms with Gasteiger partial charge in [-0.3, -0.25) is 9.59 Å². The van der Waals surface area contributed by atoms with Gasteiger partial charge in [0.25, 0.3) is 5.91 Å². The molecule has 0 spiro atoms. The second kappa shape index (κ2) is 4.70. The molecule has 1 fully saturated rings. The van der Waals surface area contributed by atoms with Crippen molar-refractivity contribution < 1.29 is 9.59 Å². The Morgan fingerprint density at radius 3 is 2.12 bits per heavy atom. The molecule has 17 heavy (non-hydrogen) atoms. The van der Waals surface area contributed by atoms with Crippen LogP contribution in [0.15, 0.2) is 18.2 Å². The van der Waals surface area contributed by atoms with Crippen LogP contribution in [0.5, 0.6) is 0 Å². The molecule has 0 aromatic heterocycles. The van der Waals surface area contributed by atoms with Gasteiger partial charge >= 0.3 is 0 Å². The molecule has 1 saturated heterocycles. The van der Waals surface area contributed by atoms with Crippen LogP contribution in [0.2, 0.25) is 0 Å². The van der Waals surface area contributed by atoms with E-state index in [-0.39, 0.29) is 11.7 Å². The van der Waals surface area contributed by atoms with Crippen molar-refractivity contribution in [3.8, 4) is 0 Å². The van der Waals surface area contributed by atoms with Crippen LogP contribution >= 0.6 is 0 Å². The van der Waals surface area contributed by atoms with E-state index in [4.69, 9.17) is 0 Å². The van der Waals surface area contributed by atoms with E-state index < -0.39 is 0 Å². The Morgan fingerprint density at radius 1 is 1.12 bits per heavy atom. The van der Waals surface area contributed by atoms with Crippen LogP contribution in [-0.4, -0.2) is 18.2 Å². The number of rotatable bonds is 3. The molecule has 1 aliphatic rings. The van der Waals surface area contributed by atoms with E-state index in [1.54, 1.807) is 4.90 Å². The highest BCUT2D eigenvalue weighted by atomic mass is 16.2. The number of ketones is 1. The predicted octanol–water partition coefficient (Wildman–Crippen LogP) is 2.12. The standard InChI is InChI=1S/C14H17NO2/c1-3-10-6-5-7-11(4-2)13(10)15-9-8-12(16)14(15)17/h5-7H,3-4,8-9H2,1-2H3. The fourth-order valence-corrected chi connectivity index (χ4v) is 2.35. The fourth-order valence-electron chi connectivity index (χ4n) is 2.35. The number of nitrogens with zero attached hydrogens (tertiary/aromatic N) is 1. The van der Waals surface area contributed by atoms with Gasteiger partial charge in [-0.05, 0) is 24.0 Å². The molecule has 1 amide bonds. The van der Waals surface area contributed by atoms with E-state index >= 15 is 0 Å². The van der Waals surface area contributed by atoms with E-state index in [0.29, 0.717) is 13.0 Å². The van der Waals surface area contributed by atoms with Crippen molar-refractivity contribution >= 4 is 17.4 Å². The third kappa shape index (κ3) is 1.97. The lowest BCUT2D eigenvalue weighted by atomic mass is 10.0. The van der Waals surface area contributed by atoms with Gasteiger partial charge in [0.1, 0.15) is 0 Å². The zero-order valence-electron chi connectivity index (χ0n) is 10.3. The van der Waals surface area contributed by atoms with E-state index in [0.717, 1.165) is 29.7 Å². The minimum absolute atomic E-state index is 0.266. The summed E-state index contributed by atoms with van der Waals surface area (Å²) >= 11 is 0. The SMILES string of the molecule is CCc1cccc(CC)c1N1CCC(=O)C1=O. The van der Waals surface area contributed by atoms with Gasteiger partial charge in [0.05, 0.1) is 5.69 Å². The van der Waals surface area contributed by atoms with Crippen LogP contribution in [0.25, 0.3) is 0 Å². The number of aryl methyl sites for hydroxylation is 2. The Hall–Kier alpha value is -1.64. The molecule has 1 aliphatic heterocycles. The molecule has 0 saturated carbocycles. The van der Waals surface area contributed by atoms with E-state index in [2.05, 4.69) is 13.8 Å². The van der Waals surface area contributed by atoms with Crippen LogP contribution < -0.4 is 4.90 Å². The van der Waals surface area contributed by atoms with Gasteiger partial charge in [-0.2, -0.15) is 0 Å². The number of hydrogen-bond donors (Lipinski definition) is 0. The van der Waals surface area contributed by atoms with Gasteiger partial charge in [-0.15, -0.1) is 0 Å². The molecule has 0 unspecified atom stereocenters. The normalized spacial score (nSPS) is 15.8. The molecule has 0 aliphatic carbocycles. The Morgan fingerprint density at radius 2 is 1.71 bits per heavy atom. The Labute approximate surface area is 101 Å². The zero-order chi connectivity index (χ0) is 12.4. The number of anilines is 1. The van der Waals surface area contributed by atoms with Gasteiger partial charge in [0.15, 0.2) is 0 Å². The van der Waals surface area contributed by atoms with Gasteiger partial charge < -0.3 is 4.90 Å². The second-order valence-corrected chi connectivity index (χ2v) is 4.26. The van der Waals surface area contributed by atoms with Gasteiger partial charge in [0, 0.05) is 13.0 Å². The van der Waals surface area contributed by atoms with E-state index in [1.807, 2.05) is 18.2 Å². The quantitative estimate of drug-likeness (QED) is 0.747. The maximum atomic E-state index is 11.8. The van der Waals surface area contributed by atoms with Crippen LogP contribution in [0.1, 0.15) is 31.4 Å². The van der Waals surface area contributed by atoms with Gasteiger partial charge in [-0.1, -0.05) is 32.0 Å². The zero-order valence-corrected chi connectivity index (χ0v) is 10.3. The average Bonchev–Trinajstić information content (AvgIpc) is 2.69. The number of carbonyl (C=O) groups is 2. The highest BCUT2D eigenvalue weighted by molar-refractivity contribution is 6.43. The number of Topliss-reactive ketones (excluding diaryl/α,β-unsaturated/α-hetero) is 1. The van der Waals surface area contributed by atoms with Crippen molar-refractivity contribution in [1.82, 2.24) is 0 Å². The number of amides is 1. The largest absolute Gasteiger partial charge is 0.305 e. The Kier molecular flexibility index (Phi) is 3.27. The third-order valence-electron chi connectivity index (χ3n) is 3.28. The maximum absolute atomic E-state index is 11.8. The number of carbonyl (C=O) groups excluding carboxylic acids is 2. The Bertz CT molecular complexity index is 443. The van der Waals surface area contributed by atoms with Gasteiger partial charge in [0.2, 0.25) is 5.78 Å². The highest BCUT2D eigenvalue weighted by Crippen LogP contribution is 2.29. The van der Waals surface area contributed by atoms with Crippen LogP contribution in [0.4, 0.5) is 5.69 Å². The summed E-state index contributed by atoms with van der Waals surface area (Å²) in [6, 6.07) is 6.08. The fraction of sp³-hybridized carbons (Fsp3) is 0.429. The first-order chi connectivity index (χ1) is 8.19. The minimum atomic E-state index is -0.347. The minimum Gasteiger partial charge on any atom is -0.305 e. The molecule has 0 radical (unpaired) electrons. The molecule has 0 bridgehead atoms. The topological polar surface area (TPSA) is 37.4 Å². The van der Waals surface area contributed by atoms with Crippen LogP contribution in [-0.2, 0) is 22.4 Å². The van der Waals surface area contributed by atoms with Crippen molar-refractivity contribution in [2.24, 2.45) is 0 Å².